The van der Waals surface area contributed by atoms with Crippen molar-refractivity contribution < 1.29 is 52.7 Å². The predicted molar refractivity (Wildman–Crippen MR) is 106 cm³/mol. The summed E-state index contributed by atoms with van der Waals surface area (Å²) in [6, 6.07) is 10.5. The SMILES string of the molecule is O=S(=O)(c1ccc(Oc2ccc(C(c3ccccc3)(C(F)(F)F)C(F)(F)F)cc2)cc1)C(F)(F)F. The summed E-state index contributed by atoms with van der Waals surface area (Å²) >= 11 is 0. The molecule has 3 nitrogen and oxygen atoms in total. The Bertz CT molecular complexity index is 1250. The summed E-state index contributed by atoms with van der Waals surface area (Å²) in [6.45, 7) is 0. The smallest absolute Gasteiger partial charge is 0.457 e. The molecule has 0 radical (unpaired) electrons. The molecular weight excluding hydrogens is 515 g/mol. The van der Waals surface area contributed by atoms with Gasteiger partial charge in [0, 0.05) is 0 Å². The highest BCUT2D eigenvalue weighted by Crippen LogP contribution is 2.56. The summed E-state index contributed by atoms with van der Waals surface area (Å²) in [6.07, 6.45) is -11.5. The van der Waals surface area contributed by atoms with E-state index in [0.29, 0.717) is 36.4 Å². The molecule has 0 spiro atoms. The quantitative estimate of drug-likeness (QED) is 0.330. The third kappa shape index (κ3) is 4.68. The summed E-state index contributed by atoms with van der Waals surface area (Å²) in [7, 11) is -5.61. The Morgan fingerprint density at radius 2 is 0.943 bits per heavy atom. The highest BCUT2D eigenvalue weighted by molar-refractivity contribution is 7.92. The molecule has 35 heavy (non-hydrogen) atoms. The molecule has 0 aliphatic rings. The summed E-state index contributed by atoms with van der Waals surface area (Å²) in [5, 5.41) is 0. The molecule has 3 aromatic carbocycles. The number of halogens is 9. The summed E-state index contributed by atoms with van der Waals surface area (Å²) in [5.74, 6) is -0.452. The second-order valence-corrected chi connectivity index (χ2v) is 9.10. The van der Waals surface area contributed by atoms with Gasteiger partial charge in [-0.1, -0.05) is 42.5 Å². The van der Waals surface area contributed by atoms with Gasteiger partial charge in [-0.25, -0.2) is 8.42 Å². The largest absolute Gasteiger partial charge is 0.501 e. The number of ether oxygens (including phenoxy) is 1. The lowest BCUT2D eigenvalue weighted by Gasteiger charge is -2.38. The fraction of sp³-hybridized carbons (Fsp3) is 0.182. The predicted octanol–water partition coefficient (Wildman–Crippen LogP) is 7.18. The molecule has 3 rings (SSSR count). The second kappa shape index (κ2) is 8.77. The van der Waals surface area contributed by atoms with Crippen molar-refractivity contribution in [2.45, 2.75) is 28.2 Å². The van der Waals surface area contributed by atoms with Crippen LogP contribution in [-0.4, -0.2) is 26.3 Å². The zero-order valence-electron chi connectivity index (χ0n) is 17.0. The maximum absolute atomic E-state index is 14.0. The van der Waals surface area contributed by atoms with Gasteiger partial charge in [0.15, 0.2) is 0 Å². The zero-order valence-corrected chi connectivity index (χ0v) is 17.9. The minimum absolute atomic E-state index is 0.208. The minimum atomic E-state index is -5.77. The van der Waals surface area contributed by atoms with Gasteiger partial charge in [-0.15, -0.1) is 0 Å². The van der Waals surface area contributed by atoms with Gasteiger partial charge < -0.3 is 4.74 Å². The molecule has 3 aromatic rings. The number of rotatable bonds is 5. The highest BCUT2D eigenvalue weighted by atomic mass is 32.2. The van der Waals surface area contributed by atoms with Crippen LogP contribution in [0.5, 0.6) is 11.5 Å². The molecule has 0 fully saturated rings. The Balaban J connectivity index is 1.98. The van der Waals surface area contributed by atoms with Crippen molar-refractivity contribution >= 4 is 9.84 Å². The third-order valence-corrected chi connectivity index (χ3v) is 6.52. The topological polar surface area (TPSA) is 43.4 Å². The fourth-order valence-corrected chi connectivity index (χ4v) is 4.16. The van der Waals surface area contributed by atoms with E-state index in [2.05, 4.69) is 0 Å². The van der Waals surface area contributed by atoms with E-state index in [1.165, 1.54) is 6.07 Å². The Kier molecular flexibility index (Phi) is 6.61. The molecular formula is C22H13F9O3S. The molecule has 0 heterocycles. The van der Waals surface area contributed by atoms with E-state index in [9.17, 15) is 47.9 Å². The first-order valence-corrected chi connectivity index (χ1v) is 10.9. The summed E-state index contributed by atoms with van der Waals surface area (Å²) in [5.41, 5.74) is -12.1. The maximum atomic E-state index is 14.0. The number of hydrogen-bond acceptors (Lipinski definition) is 3. The van der Waals surface area contributed by atoms with Crippen molar-refractivity contribution in [3.63, 3.8) is 0 Å². The average molecular weight is 528 g/mol. The maximum Gasteiger partial charge on any atom is 0.501 e. The van der Waals surface area contributed by atoms with Crippen LogP contribution in [0.1, 0.15) is 11.1 Å². The minimum Gasteiger partial charge on any atom is -0.457 e. The van der Waals surface area contributed by atoms with E-state index >= 15 is 0 Å². The summed E-state index contributed by atoms with van der Waals surface area (Å²) < 4.78 is 150. The molecule has 0 amide bonds. The first kappa shape index (κ1) is 26.4. The van der Waals surface area contributed by atoms with E-state index in [1.54, 1.807) is 0 Å². The lowest BCUT2D eigenvalue weighted by Crippen LogP contribution is -2.54. The van der Waals surface area contributed by atoms with Crippen LogP contribution in [-0.2, 0) is 15.3 Å². The lowest BCUT2D eigenvalue weighted by atomic mass is 9.73. The molecule has 0 aliphatic heterocycles. The summed E-state index contributed by atoms with van der Waals surface area (Å²) in [4.78, 5) is -1.07. The molecule has 0 saturated heterocycles. The Morgan fingerprint density at radius 1 is 0.543 bits per heavy atom. The lowest BCUT2D eigenvalue weighted by molar-refractivity contribution is -0.288. The van der Waals surface area contributed by atoms with Gasteiger partial charge in [-0.2, -0.15) is 39.5 Å². The van der Waals surface area contributed by atoms with Gasteiger partial charge in [0.05, 0.1) is 4.90 Å². The van der Waals surface area contributed by atoms with Gasteiger partial charge in [0.2, 0.25) is 5.41 Å². The Labute approximate surface area is 192 Å². The number of sulfone groups is 1. The fourth-order valence-electron chi connectivity index (χ4n) is 3.40. The van der Waals surface area contributed by atoms with Crippen molar-refractivity contribution in [1.29, 1.82) is 0 Å². The molecule has 0 bridgehead atoms. The number of hydrogen-bond donors (Lipinski definition) is 0. The monoisotopic (exact) mass is 528 g/mol. The van der Waals surface area contributed by atoms with E-state index in [-0.39, 0.29) is 11.5 Å². The van der Waals surface area contributed by atoms with Crippen molar-refractivity contribution in [3.8, 4) is 11.5 Å². The van der Waals surface area contributed by atoms with E-state index in [0.717, 1.165) is 36.4 Å². The second-order valence-electron chi connectivity index (χ2n) is 7.16. The van der Waals surface area contributed by atoms with Crippen LogP contribution in [0, 0.1) is 0 Å². The van der Waals surface area contributed by atoms with Gasteiger partial charge >= 0.3 is 17.9 Å². The molecule has 13 heteroatoms. The standard InChI is InChI=1S/C22H13F9O3S/c23-20(24,25)19(21(26,27)28,14-4-2-1-3-5-14)15-6-8-16(9-7-15)34-17-10-12-18(13-11-17)35(32,33)22(29,30)31/h1-13H. The molecule has 0 saturated carbocycles. The first-order valence-electron chi connectivity index (χ1n) is 9.40. The normalized spacial score (nSPS) is 13.5. The van der Waals surface area contributed by atoms with Gasteiger partial charge in [0.1, 0.15) is 11.5 Å². The van der Waals surface area contributed by atoms with Crippen LogP contribution in [0.2, 0.25) is 0 Å². The van der Waals surface area contributed by atoms with Crippen LogP contribution >= 0.6 is 0 Å². The number of benzene rings is 3. The Hall–Kier alpha value is -3.22. The third-order valence-electron chi connectivity index (χ3n) is 5.02. The van der Waals surface area contributed by atoms with Crippen LogP contribution in [0.25, 0.3) is 0 Å². The molecule has 0 aliphatic carbocycles. The van der Waals surface area contributed by atoms with Crippen LogP contribution in [0.15, 0.2) is 83.8 Å². The highest BCUT2D eigenvalue weighted by Gasteiger charge is 2.72. The van der Waals surface area contributed by atoms with E-state index in [1.807, 2.05) is 0 Å². The Morgan fingerprint density at radius 3 is 1.34 bits per heavy atom. The molecule has 0 unspecified atom stereocenters. The van der Waals surface area contributed by atoms with Gasteiger partial charge in [0.25, 0.3) is 9.84 Å². The van der Waals surface area contributed by atoms with Crippen molar-refractivity contribution in [2.75, 3.05) is 0 Å². The first-order chi connectivity index (χ1) is 16.0. The van der Waals surface area contributed by atoms with E-state index < -0.39 is 49.1 Å². The van der Waals surface area contributed by atoms with Crippen LogP contribution in [0.4, 0.5) is 39.5 Å². The molecule has 188 valence electrons. The molecule has 0 atom stereocenters. The zero-order chi connectivity index (χ0) is 26.3. The van der Waals surface area contributed by atoms with Crippen LogP contribution in [0.3, 0.4) is 0 Å². The number of alkyl halides is 9. The molecule has 0 N–H and O–H groups in total. The van der Waals surface area contributed by atoms with Crippen LogP contribution < -0.4 is 4.74 Å². The van der Waals surface area contributed by atoms with Gasteiger partial charge in [-0.3, -0.25) is 0 Å². The van der Waals surface area contributed by atoms with Gasteiger partial charge in [-0.05, 0) is 47.5 Å². The van der Waals surface area contributed by atoms with E-state index in [4.69, 9.17) is 4.74 Å². The van der Waals surface area contributed by atoms with Crippen molar-refractivity contribution in [1.82, 2.24) is 0 Å². The van der Waals surface area contributed by atoms with Crippen molar-refractivity contribution in [2.24, 2.45) is 0 Å². The van der Waals surface area contributed by atoms with Crippen molar-refractivity contribution in [3.05, 3.63) is 90.0 Å². The average Bonchev–Trinajstić information content (AvgIpc) is 2.74. The molecule has 0 aromatic heterocycles.